The summed E-state index contributed by atoms with van der Waals surface area (Å²) in [5.41, 5.74) is 0.735. The molecule has 214 valence electrons. The lowest BCUT2D eigenvalue weighted by Gasteiger charge is -2.49. The van der Waals surface area contributed by atoms with Crippen LogP contribution in [0.3, 0.4) is 0 Å². The zero-order valence-electron chi connectivity index (χ0n) is 21.8. The van der Waals surface area contributed by atoms with Gasteiger partial charge < -0.3 is 28.8 Å². The Bertz CT molecular complexity index is 1320. The fourth-order valence-electron chi connectivity index (χ4n) is 4.93. The van der Waals surface area contributed by atoms with Gasteiger partial charge in [-0.2, -0.15) is 0 Å². The average molecular weight is 564 g/mol. The Labute approximate surface area is 227 Å². The van der Waals surface area contributed by atoms with Crippen LogP contribution in [0.5, 0.6) is 0 Å². The largest absolute Gasteiger partial charge is 0.461 e. The van der Waals surface area contributed by atoms with Gasteiger partial charge in [-0.25, -0.2) is 22.6 Å². The van der Waals surface area contributed by atoms with Gasteiger partial charge in [0.2, 0.25) is 0 Å². The second-order valence-electron chi connectivity index (χ2n) is 9.77. The summed E-state index contributed by atoms with van der Waals surface area (Å²) >= 11 is 0. The number of benzene rings is 2. The van der Waals surface area contributed by atoms with Crippen molar-refractivity contribution >= 4 is 5.97 Å². The molecule has 2 aliphatic heterocycles. The minimum Gasteiger partial charge on any atom is -0.461 e. The third-order valence-corrected chi connectivity index (χ3v) is 6.73. The first-order valence-corrected chi connectivity index (χ1v) is 12.6. The number of aliphatic hydroxyl groups is 1. The van der Waals surface area contributed by atoms with E-state index >= 15 is 0 Å². The van der Waals surface area contributed by atoms with Crippen LogP contribution >= 0.6 is 0 Å². The number of carbonyl (C=O) groups is 1. The van der Waals surface area contributed by atoms with Crippen LogP contribution in [0.4, 0.5) is 13.2 Å². The number of halogens is 3. The molecule has 0 aliphatic carbocycles. The normalized spacial score (nSPS) is 27.3. The van der Waals surface area contributed by atoms with Crippen LogP contribution in [0, 0.1) is 17.5 Å². The maximum atomic E-state index is 13.9. The molecule has 13 heteroatoms. The SMILES string of the molecule is COC1[C@H]([C@H](O)C(=O)OC(C)C)OC2COC(c3ccccc3)O[C@@H]2[C@@H]1n1cc(-c2cc(F)c(F)c(F)c2)nn1. The topological polar surface area (TPSA) is 114 Å². The number of hydrogen-bond donors (Lipinski definition) is 1. The molecule has 3 unspecified atom stereocenters. The van der Waals surface area contributed by atoms with Gasteiger partial charge in [0, 0.05) is 18.2 Å². The van der Waals surface area contributed by atoms with Crippen molar-refractivity contribution in [2.24, 2.45) is 0 Å². The van der Waals surface area contributed by atoms with E-state index < -0.39 is 72.4 Å². The smallest absolute Gasteiger partial charge is 0.338 e. The number of aromatic nitrogens is 3. The lowest BCUT2D eigenvalue weighted by Crippen LogP contribution is -2.63. The van der Waals surface area contributed by atoms with E-state index in [0.717, 1.165) is 17.7 Å². The first-order chi connectivity index (χ1) is 19.2. The van der Waals surface area contributed by atoms with Gasteiger partial charge in [-0.1, -0.05) is 35.5 Å². The van der Waals surface area contributed by atoms with Crippen molar-refractivity contribution in [3.63, 3.8) is 0 Å². The van der Waals surface area contributed by atoms with E-state index in [1.807, 2.05) is 30.3 Å². The number of ether oxygens (including phenoxy) is 5. The van der Waals surface area contributed by atoms with E-state index in [4.69, 9.17) is 23.7 Å². The molecular weight excluding hydrogens is 535 g/mol. The number of hydrogen-bond acceptors (Lipinski definition) is 9. The van der Waals surface area contributed by atoms with Crippen LogP contribution in [0.1, 0.15) is 31.7 Å². The van der Waals surface area contributed by atoms with Gasteiger partial charge in [0.15, 0.2) is 29.8 Å². The van der Waals surface area contributed by atoms with Crippen molar-refractivity contribution in [1.29, 1.82) is 0 Å². The van der Waals surface area contributed by atoms with Crippen molar-refractivity contribution in [3.05, 3.63) is 71.7 Å². The average Bonchev–Trinajstić information content (AvgIpc) is 3.44. The highest BCUT2D eigenvalue weighted by Crippen LogP contribution is 2.41. The van der Waals surface area contributed by atoms with E-state index in [1.165, 1.54) is 18.0 Å². The number of aliphatic hydroxyl groups excluding tert-OH is 1. The zero-order chi connectivity index (χ0) is 28.6. The van der Waals surface area contributed by atoms with Crippen LogP contribution in [0.15, 0.2) is 48.7 Å². The molecule has 1 N–H and O–H groups in total. The van der Waals surface area contributed by atoms with Gasteiger partial charge in [0.05, 0.1) is 18.9 Å². The molecule has 3 heterocycles. The molecule has 2 saturated heterocycles. The Balaban J connectivity index is 1.52. The number of esters is 1. The summed E-state index contributed by atoms with van der Waals surface area (Å²) in [5, 5.41) is 19.1. The quantitative estimate of drug-likeness (QED) is 0.342. The number of methoxy groups -OCH3 is 1. The van der Waals surface area contributed by atoms with Gasteiger partial charge in [-0.15, -0.1) is 5.10 Å². The summed E-state index contributed by atoms with van der Waals surface area (Å²) in [6.07, 6.45) is -5.43. The van der Waals surface area contributed by atoms with Gasteiger partial charge in [0.25, 0.3) is 0 Å². The van der Waals surface area contributed by atoms with Gasteiger partial charge in [-0.3, -0.25) is 0 Å². The van der Waals surface area contributed by atoms with Gasteiger partial charge >= 0.3 is 5.97 Å². The van der Waals surface area contributed by atoms with Crippen LogP contribution < -0.4 is 0 Å². The second kappa shape index (κ2) is 11.6. The van der Waals surface area contributed by atoms with E-state index in [2.05, 4.69) is 10.3 Å². The van der Waals surface area contributed by atoms with Gasteiger partial charge in [0.1, 0.15) is 36.2 Å². The maximum absolute atomic E-state index is 13.9. The third-order valence-electron chi connectivity index (χ3n) is 6.73. The minimum atomic E-state index is -1.73. The van der Waals surface area contributed by atoms with Crippen molar-refractivity contribution < 1.29 is 46.8 Å². The van der Waals surface area contributed by atoms with Crippen LogP contribution in [-0.4, -0.2) is 76.4 Å². The lowest BCUT2D eigenvalue weighted by molar-refractivity contribution is -0.325. The zero-order valence-corrected chi connectivity index (χ0v) is 21.8. The Hall–Kier alpha value is -3.36. The Morgan fingerprint density at radius 1 is 1.12 bits per heavy atom. The number of nitrogens with zero attached hydrogens (tertiary/aromatic N) is 3. The Kier molecular flexibility index (Phi) is 8.19. The first kappa shape index (κ1) is 28.2. The van der Waals surface area contributed by atoms with Crippen molar-refractivity contribution in [2.45, 2.75) is 62.8 Å². The molecular formula is C27H28F3N3O7. The molecule has 3 aromatic rings. The van der Waals surface area contributed by atoms with E-state index in [-0.39, 0.29) is 17.9 Å². The van der Waals surface area contributed by atoms with Crippen LogP contribution in [0.2, 0.25) is 0 Å². The van der Waals surface area contributed by atoms with Crippen molar-refractivity contribution in [1.82, 2.24) is 15.0 Å². The molecule has 7 atom stereocenters. The monoisotopic (exact) mass is 563 g/mol. The van der Waals surface area contributed by atoms with E-state index in [0.29, 0.717) is 0 Å². The number of carbonyl (C=O) groups excluding carboxylic acids is 1. The second-order valence-corrected chi connectivity index (χ2v) is 9.77. The van der Waals surface area contributed by atoms with Crippen LogP contribution in [0.25, 0.3) is 11.3 Å². The van der Waals surface area contributed by atoms with Crippen LogP contribution in [-0.2, 0) is 28.5 Å². The molecule has 1 aromatic heterocycles. The van der Waals surface area contributed by atoms with Gasteiger partial charge in [-0.05, 0) is 26.0 Å². The Morgan fingerprint density at radius 2 is 1.82 bits per heavy atom. The molecule has 0 radical (unpaired) electrons. The summed E-state index contributed by atoms with van der Waals surface area (Å²) in [6, 6.07) is 9.92. The summed E-state index contributed by atoms with van der Waals surface area (Å²) in [7, 11) is 1.37. The number of fused-ring (bicyclic) bond motifs is 1. The standard InChI is InChI=1S/C27H28F3N3O7/c1-13(2)38-26(35)22(34)25-24(36-3)21(23-19(39-25)12-37-27(40-23)14-7-5-4-6-8-14)33-11-18(31-32-33)15-9-16(28)20(30)17(29)10-15/h4-11,13,19,21-25,27,34H,12H2,1-3H3/t19?,21-,22-,23-,24?,25-,27?/m0/s1. The molecule has 0 bridgehead atoms. The molecule has 0 saturated carbocycles. The highest BCUT2D eigenvalue weighted by molar-refractivity contribution is 5.75. The van der Waals surface area contributed by atoms with E-state index in [1.54, 1.807) is 13.8 Å². The maximum Gasteiger partial charge on any atom is 0.338 e. The molecule has 0 amide bonds. The predicted octanol–water partition coefficient (Wildman–Crippen LogP) is 3.11. The van der Waals surface area contributed by atoms with Crippen molar-refractivity contribution in [2.75, 3.05) is 13.7 Å². The lowest BCUT2D eigenvalue weighted by atomic mass is 9.89. The summed E-state index contributed by atoms with van der Waals surface area (Å²) in [5.74, 6) is -5.27. The molecule has 0 spiro atoms. The fraction of sp³-hybridized carbons (Fsp3) is 0.444. The fourth-order valence-corrected chi connectivity index (χ4v) is 4.93. The molecule has 2 aliphatic rings. The summed E-state index contributed by atoms with van der Waals surface area (Å²) in [6.45, 7) is 3.32. The summed E-state index contributed by atoms with van der Waals surface area (Å²) in [4.78, 5) is 12.6. The molecule has 2 aromatic carbocycles. The van der Waals surface area contributed by atoms with Crippen molar-refractivity contribution in [3.8, 4) is 11.3 Å². The highest BCUT2D eigenvalue weighted by atomic mass is 19.2. The van der Waals surface area contributed by atoms with E-state index in [9.17, 15) is 23.1 Å². The molecule has 10 nitrogen and oxygen atoms in total. The Morgan fingerprint density at radius 3 is 2.48 bits per heavy atom. The molecule has 40 heavy (non-hydrogen) atoms. The first-order valence-electron chi connectivity index (χ1n) is 12.6. The number of rotatable bonds is 7. The highest BCUT2D eigenvalue weighted by Gasteiger charge is 2.54. The minimum absolute atomic E-state index is 0.0373. The predicted molar refractivity (Wildman–Crippen MR) is 131 cm³/mol. The molecule has 5 rings (SSSR count). The molecule has 2 fully saturated rings. The third kappa shape index (κ3) is 5.47. The summed E-state index contributed by atoms with van der Waals surface area (Å²) < 4.78 is 72.0.